The number of aromatic nitrogens is 2. The van der Waals surface area contributed by atoms with E-state index in [1.54, 1.807) is 0 Å². The van der Waals surface area contributed by atoms with Crippen molar-refractivity contribution in [3.8, 4) is 11.6 Å². The van der Waals surface area contributed by atoms with Crippen LogP contribution in [0.2, 0.25) is 0 Å². The number of hydrogen-bond donors (Lipinski definition) is 1. The lowest BCUT2D eigenvalue weighted by molar-refractivity contribution is 0.459. The first-order valence-electron chi connectivity index (χ1n) is 5.98. The molecule has 1 heterocycles. The summed E-state index contributed by atoms with van der Waals surface area (Å²) in [6, 6.07) is 9.53. The van der Waals surface area contributed by atoms with Gasteiger partial charge in [0.15, 0.2) is 0 Å². The summed E-state index contributed by atoms with van der Waals surface area (Å²) in [5, 5.41) is 0. The SMILES string of the molecule is CC(C)c1cc(Oc2ccc(CN)cc2)ncn1. The van der Waals surface area contributed by atoms with E-state index < -0.39 is 0 Å². The third-order valence-electron chi connectivity index (χ3n) is 2.64. The molecule has 4 heteroatoms. The van der Waals surface area contributed by atoms with Crippen LogP contribution in [0.3, 0.4) is 0 Å². The molecule has 0 saturated heterocycles. The molecule has 94 valence electrons. The van der Waals surface area contributed by atoms with E-state index in [0.717, 1.165) is 17.0 Å². The van der Waals surface area contributed by atoms with Crippen molar-refractivity contribution >= 4 is 0 Å². The Morgan fingerprint density at radius 3 is 2.50 bits per heavy atom. The molecule has 18 heavy (non-hydrogen) atoms. The summed E-state index contributed by atoms with van der Waals surface area (Å²) >= 11 is 0. The minimum Gasteiger partial charge on any atom is -0.439 e. The highest BCUT2D eigenvalue weighted by molar-refractivity contribution is 5.30. The lowest BCUT2D eigenvalue weighted by Gasteiger charge is -2.08. The van der Waals surface area contributed by atoms with Crippen LogP contribution < -0.4 is 10.5 Å². The van der Waals surface area contributed by atoms with Gasteiger partial charge in [-0.15, -0.1) is 0 Å². The molecule has 0 atom stereocenters. The molecule has 0 fully saturated rings. The molecule has 0 bridgehead atoms. The van der Waals surface area contributed by atoms with Crippen molar-refractivity contribution in [3.63, 3.8) is 0 Å². The van der Waals surface area contributed by atoms with Crippen LogP contribution in [0.4, 0.5) is 0 Å². The minimum atomic E-state index is 0.356. The van der Waals surface area contributed by atoms with Gasteiger partial charge in [0.1, 0.15) is 12.1 Å². The van der Waals surface area contributed by atoms with Crippen molar-refractivity contribution in [2.45, 2.75) is 26.3 Å². The fourth-order valence-corrected chi connectivity index (χ4v) is 1.54. The molecule has 0 aliphatic carbocycles. The normalized spacial score (nSPS) is 10.7. The molecular formula is C14H17N3O. The molecule has 0 radical (unpaired) electrons. The average Bonchev–Trinajstić information content (AvgIpc) is 2.40. The Morgan fingerprint density at radius 1 is 1.17 bits per heavy atom. The van der Waals surface area contributed by atoms with Crippen molar-refractivity contribution in [2.24, 2.45) is 5.73 Å². The molecule has 0 spiro atoms. The van der Waals surface area contributed by atoms with Gasteiger partial charge in [-0.2, -0.15) is 0 Å². The predicted octanol–water partition coefficient (Wildman–Crippen LogP) is 2.85. The molecule has 1 aromatic heterocycles. The summed E-state index contributed by atoms with van der Waals surface area (Å²) in [6.07, 6.45) is 1.53. The summed E-state index contributed by atoms with van der Waals surface area (Å²) in [5.74, 6) is 1.67. The predicted molar refractivity (Wildman–Crippen MR) is 70.5 cm³/mol. The van der Waals surface area contributed by atoms with E-state index in [4.69, 9.17) is 10.5 Å². The Balaban J connectivity index is 2.15. The van der Waals surface area contributed by atoms with Crippen molar-refractivity contribution in [3.05, 3.63) is 47.9 Å². The van der Waals surface area contributed by atoms with Gasteiger partial charge in [-0.3, -0.25) is 0 Å². The van der Waals surface area contributed by atoms with Gasteiger partial charge in [-0.25, -0.2) is 9.97 Å². The standard InChI is InChI=1S/C14H17N3O/c1-10(2)13-7-14(17-9-16-13)18-12-5-3-11(8-15)4-6-12/h3-7,9-10H,8,15H2,1-2H3. The molecule has 2 aromatic rings. The number of ether oxygens (including phenoxy) is 1. The van der Waals surface area contributed by atoms with E-state index in [-0.39, 0.29) is 0 Å². The first-order valence-corrected chi connectivity index (χ1v) is 5.98. The highest BCUT2D eigenvalue weighted by Gasteiger charge is 2.04. The molecule has 2 rings (SSSR count). The van der Waals surface area contributed by atoms with Gasteiger partial charge in [-0.1, -0.05) is 26.0 Å². The molecule has 4 nitrogen and oxygen atoms in total. The van der Waals surface area contributed by atoms with E-state index >= 15 is 0 Å². The molecule has 2 N–H and O–H groups in total. The molecule has 0 aliphatic rings. The van der Waals surface area contributed by atoms with Gasteiger partial charge < -0.3 is 10.5 Å². The van der Waals surface area contributed by atoms with E-state index in [2.05, 4.69) is 23.8 Å². The van der Waals surface area contributed by atoms with E-state index in [1.165, 1.54) is 6.33 Å². The Kier molecular flexibility index (Phi) is 3.89. The van der Waals surface area contributed by atoms with Crippen molar-refractivity contribution in [1.29, 1.82) is 0 Å². The third-order valence-corrected chi connectivity index (χ3v) is 2.64. The van der Waals surface area contributed by atoms with Gasteiger partial charge in [-0.05, 0) is 23.6 Å². The monoisotopic (exact) mass is 243 g/mol. The van der Waals surface area contributed by atoms with Crippen LogP contribution in [0.15, 0.2) is 36.7 Å². The van der Waals surface area contributed by atoms with Crippen LogP contribution in [-0.4, -0.2) is 9.97 Å². The van der Waals surface area contributed by atoms with Gasteiger partial charge in [0.2, 0.25) is 5.88 Å². The first kappa shape index (κ1) is 12.5. The highest BCUT2D eigenvalue weighted by Crippen LogP contribution is 2.21. The Morgan fingerprint density at radius 2 is 1.89 bits per heavy atom. The van der Waals surface area contributed by atoms with E-state index in [9.17, 15) is 0 Å². The van der Waals surface area contributed by atoms with E-state index in [1.807, 2.05) is 30.3 Å². The smallest absolute Gasteiger partial charge is 0.222 e. The van der Waals surface area contributed by atoms with E-state index in [0.29, 0.717) is 18.3 Å². The maximum absolute atomic E-state index is 5.68. The molecule has 0 unspecified atom stereocenters. The summed E-state index contributed by atoms with van der Waals surface area (Å²) in [4.78, 5) is 8.30. The largest absolute Gasteiger partial charge is 0.439 e. The Bertz CT molecular complexity index is 509. The van der Waals surface area contributed by atoms with Crippen LogP contribution in [0.5, 0.6) is 11.6 Å². The molecule has 1 aromatic carbocycles. The maximum atomic E-state index is 5.68. The van der Waals surface area contributed by atoms with Crippen LogP contribution in [0.1, 0.15) is 31.0 Å². The van der Waals surface area contributed by atoms with Crippen molar-refractivity contribution < 1.29 is 4.74 Å². The van der Waals surface area contributed by atoms with Crippen LogP contribution in [-0.2, 0) is 6.54 Å². The Labute approximate surface area is 107 Å². The van der Waals surface area contributed by atoms with Crippen molar-refractivity contribution in [1.82, 2.24) is 9.97 Å². The fraction of sp³-hybridized carbons (Fsp3) is 0.286. The lowest BCUT2D eigenvalue weighted by Crippen LogP contribution is -1.97. The lowest BCUT2D eigenvalue weighted by atomic mass is 10.1. The van der Waals surface area contributed by atoms with Crippen LogP contribution >= 0.6 is 0 Å². The first-order chi connectivity index (χ1) is 8.69. The number of benzene rings is 1. The van der Waals surface area contributed by atoms with Crippen LogP contribution in [0, 0.1) is 0 Å². The zero-order valence-electron chi connectivity index (χ0n) is 10.6. The number of hydrogen-bond acceptors (Lipinski definition) is 4. The van der Waals surface area contributed by atoms with Crippen LogP contribution in [0.25, 0.3) is 0 Å². The molecule has 0 saturated carbocycles. The topological polar surface area (TPSA) is 61.0 Å². The number of rotatable bonds is 4. The fourth-order valence-electron chi connectivity index (χ4n) is 1.54. The zero-order chi connectivity index (χ0) is 13.0. The summed E-state index contributed by atoms with van der Waals surface area (Å²) < 4.78 is 5.68. The minimum absolute atomic E-state index is 0.356. The molecular weight excluding hydrogens is 226 g/mol. The summed E-state index contributed by atoms with van der Waals surface area (Å²) in [7, 11) is 0. The van der Waals surface area contributed by atoms with Crippen molar-refractivity contribution in [2.75, 3.05) is 0 Å². The number of nitrogens with two attached hydrogens (primary N) is 1. The summed E-state index contributed by atoms with van der Waals surface area (Å²) in [6.45, 7) is 4.70. The number of nitrogens with zero attached hydrogens (tertiary/aromatic N) is 2. The maximum Gasteiger partial charge on any atom is 0.222 e. The quantitative estimate of drug-likeness (QED) is 0.897. The van der Waals surface area contributed by atoms with Gasteiger partial charge in [0.05, 0.1) is 5.69 Å². The van der Waals surface area contributed by atoms with Gasteiger partial charge in [0, 0.05) is 12.6 Å². The third kappa shape index (κ3) is 3.05. The van der Waals surface area contributed by atoms with Gasteiger partial charge in [0.25, 0.3) is 0 Å². The highest BCUT2D eigenvalue weighted by atomic mass is 16.5. The second kappa shape index (κ2) is 5.60. The summed E-state index contributed by atoms with van der Waals surface area (Å²) in [5.41, 5.74) is 7.59. The molecule has 0 amide bonds. The Hall–Kier alpha value is -1.94. The second-order valence-corrected chi connectivity index (χ2v) is 4.39. The van der Waals surface area contributed by atoms with Gasteiger partial charge >= 0.3 is 0 Å². The molecule has 0 aliphatic heterocycles. The second-order valence-electron chi connectivity index (χ2n) is 4.39. The zero-order valence-corrected chi connectivity index (χ0v) is 10.6. The average molecular weight is 243 g/mol.